The molecule has 2 unspecified atom stereocenters. The predicted octanol–water partition coefficient (Wildman–Crippen LogP) is 1.72. The van der Waals surface area contributed by atoms with Gasteiger partial charge in [0.15, 0.2) is 0 Å². The van der Waals surface area contributed by atoms with Gasteiger partial charge in [0.1, 0.15) is 0 Å². The molecule has 2 rings (SSSR count). The van der Waals surface area contributed by atoms with E-state index in [1.165, 1.54) is 12.8 Å². The number of anilines is 1. The zero-order chi connectivity index (χ0) is 12.8. The van der Waals surface area contributed by atoms with Gasteiger partial charge in [-0.25, -0.2) is 0 Å². The van der Waals surface area contributed by atoms with E-state index in [0.29, 0.717) is 18.0 Å². The first-order valence-corrected chi connectivity index (χ1v) is 6.65. The molecule has 0 radical (unpaired) electrons. The summed E-state index contributed by atoms with van der Waals surface area (Å²) in [6.07, 6.45) is 4.99. The summed E-state index contributed by atoms with van der Waals surface area (Å²) in [5.41, 5.74) is 0. The SMILES string of the molecule is CNC(C)c1nnc(NCCC2CCCCO2)o1. The van der Waals surface area contributed by atoms with E-state index in [-0.39, 0.29) is 6.04 Å². The van der Waals surface area contributed by atoms with Gasteiger partial charge in [-0.05, 0) is 39.7 Å². The van der Waals surface area contributed by atoms with E-state index in [9.17, 15) is 0 Å². The van der Waals surface area contributed by atoms with Crippen molar-refractivity contribution in [3.05, 3.63) is 5.89 Å². The third kappa shape index (κ3) is 3.68. The highest BCUT2D eigenvalue weighted by atomic mass is 16.5. The lowest BCUT2D eigenvalue weighted by Gasteiger charge is -2.22. The molecule has 2 heterocycles. The Hall–Kier alpha value is -1.14. The van der Waals surface area contributed by atoms with Gasteiger partial charge in [0.05, 0.1) is 12.1 Å². The minimum Gasteiger partial charge on any atom is -0.406 e. The summed E-state index contributed by atoms with van der Waals surface area (Å²) in [7, 11) is 1.86. The minimum absolute atomic E-state index is 0.0785. The number of rotatable bonds is 6. The van der Waals surface area contributed by atoms with Crippen LogP contribution in [-0.2, 0) is 4.74 Å². The number of hydrogen-bond acceptors (Lipinski definition) is 6. The second-order valence-corrected chi connectivity index (χ2v) is 4.66. The summed E-state index contributed by atoms with van der Waals surface area (Å²) in [4.78, 5) is 0. The molecule has 6 nitrogen and oxygen atoms in total. The topological polar surface area (TPSA) is 72.2 Å². The van der Waals surface area contributed by atoms with Crippen molar-refractivity contribution in [3.8, 4) is 0 Å². The van der Waals surface area contributed by atoms with Crippen LogP contribution in [0, 0.1) is 0 Å². The standard InChI is InChI=1S/C12H22N4O2/c1-9(13-2)11-15-16-12(18-11)14-7-6-10-5-3-4-8-17-10/h9-10,13H,3-8H2,1-2H3,(H,14,16). The van der Waals surface area contributed by atoms with Gasteiger partial charge in [-0.3, -0.25) is 0 Å². The third-order valence-electron chi connectivity index (χ3n) is 3.26. The van der Waals surface area contributed by atoms with E-state index < -0.39 is 0 Å². The zero-order valence-electron chi connectivity index (χ0n) is 11.1. The fourth-order valence-electron chi connectivity index (χ4n) is 1.98. The maximum Gasteiger partial charge on any atom is 0.315 e. The molecule has 1 aromatic heterocycles. The lowest BCUT2D eigenvalue weighted by Crippen LogP contribution is -2.22. The molecular weight excluding hydrogens is 232 g/mol. The van der Waals surface area contributed by atoms with Crippen molar-refractivity contribution in [2.24, 2.45) is 0 Å². The molecule has 0 saturated carbocycles. The van der Waals surface area contributed by atoms with Gasteiger partial charge in [0.25, 0.3) is 0 Å². The summed E-state index contributed by atoms with van der Waals surface area (Å²) in [5, 5.41) is 14.1. The summed E-state index contributed by atoms with van der Waals surface area (Å²) in [6, 6.07) is 0.567. The van der Waals surface area contributed by atoms with Crippen LogP contribution in [0.3, 0.4) is 0 Å². The Bertz CT molecular complexity index is 350. The highest BCUT2D eigenvalue weighted by Crippen LogP contribution is 2.16. The van der Waals surface area contributed by atoms with Crippen LogP contribution < -0.4 is 10.6 Å². The molecular formula is C12H22N4O2. The highest BCUT2D eigenvalue weighted by Gasteiger charge is 2.14. The van der Waals surface area contributed by atoms with Gasteiger partial charge in [0, 0.05) is 13.2 Å². The Balaban J connectivity index is 1.71. The zero-order valence-corrected chi connectivity index (χ0v) is 11.1. The summed E-state index contributed by atoms with van der Waals surface area (Å²) < 4.78 is 11.1. The normalized spacial score (nSPS) is 21.8. The van der Waals surface area contributed by atoms with E-state index in [0.717, 1.165) is 26.0 Å². The van der Waals surface area contributed by atoms with Crippen molar-refractivity contribution in [1.82, 2.24) is 15.5 Å². The average Bonchev–Trinajstić information content (AvgIpc) is 2.88. The van der Waals surface area contributed by atoms with Gasteiger partial charge in [-0.15, -0.1) is 5.10 Å². The Morgan fingerprint density at radius 3 is 3.00 bits per heavy atom. The van der Waals surface area contributed by atoms with E-state index in [2.05, 4.69) is 20.8 Å². The molecule has 1 saturated heterocycles. The molecule has 0 aliphatic carbocycles. The lowest BCUT2D eigenvalue weighted by molar-refractivity contribution is 0.0134. The molecule has 1 aromatic rings. The largest absolute Gasteiger partial charge is 0.406 e. The van der Waals surface area contributed by atoms with Crippen molar-refractivity contribution in [2.75, 3.05) is 25.5 Å². The fourth-order valence-corrected chi connectivity index (χ4v) is 1.98. The van der Waals surface area contributed by atoms with Gasteiger partial charge in [-0.2, -0.15) is 0 Å². The molecule has 1 aliphatic heterocycles. The van der Waals surface area contributed by atoms with Crippen LogP contribution in [0.2, 0.25) is 0 Å². The molecule has 1 aliphatic rings. The Labute approximate surface area is 107 Å². The maximum absolute atomic E-state index is 5.66. The van der Waals surface area contributed by atoms with E-state index in [1.54, 1.807) is 0 Å². The highest BCUT2D eigenvalue weighted by molar-refractivity contribution is 5.17. The Morgan fingerprint density at radius 2 is 2.28 bits per heavy atom. The van der Waals surface area contributed by atoms with Crippen molar-refractivity contribution in [2.45, 2.75) is 44.8 Å². The molecule has 102 valence electrons. The van der Waals surface area contributed by atoms with Crippen molar-refractivity contribution < 1.29 is 9.15 Å². The minimum atomic E-state index is 0.0785. The number of aromatic nitrogens is 2. The van der Waals surface area contributed by atoms with Crippen LogP contribution in [0.4, 0.5) is 6.01 Å². The molecule has 1 fully saturated rings. The number of hydrogen-bond donors (Lipinski definition) is 2. The first-order valence-electron chi connectivity index (χ1n) is 6.65. The third-order valence-corrected chi connectivity index (χ3v) is 3.26. The molecule has 18 heavy (non-hydrogen) atoms. The molecule has 2 N–H and O–H groups in total. The van der Waals surface area contributed by atoms with Crippen LogP contribution in [0.15, 0.2) is 4.42 Å². The summed E-state index contributed by atoms with van der Waals surface area (Å²) >= 11 is 0. The molecule has 6 heteroatoms. The smallest absolute Gasteiger partial charge is 0.315 e. The van der Waals surface area contributed by atoms with Crippen molar-refractivity contribution in [3.63, 3.8) is 0 Å². The van der Waals surface area contributed by atoms with Crippen molar-refractivity contribution >= 4 is 6.01 Å². The fraction of sp³-hybridized carbons (Fsp3) is 0.833. The van der Waals surface area contributed by atoms with Crippen LogP contribution in [-0.4, -0.2) is 36.5 Å². The van der Waals surface area contributed by atoms with Crippen LogP contribution in [0.1, 0.15) is 44.5 Å². The van der Waals surface area contributed by atoms with Crippen molar-refractivity contribution in [1.29, 1.82) is 0 Å². The second-order valence-electron chi connectivity index (χ2n) is 4.66. The van der Waals surface area contributed by atoms with Gasteiger partial charge >= 0.3 is 6.01 Å². The monoisotopic (exact) mass is 254 g/mol. The lowest BCUT2D eigenvalue weighted by atomic mass is 10.1. The van der Waals surface area contributed by atoms with E-state index >= 15 is 0 Å². The van der Waals surface area contributed by atoms with Crippen LogP contribution in [0.5, 0.6) is 0 Å². The quantitative estimate of drug-likeness (QED) is 0.805. The van der Waals surface area contributed by atoms with Crippen LogP contribution in [0.25, 0.3) is 0 Å². The number of nitrogens with one attached hydrogen (secondary N) is 2. The summed E-state index contributed by atoms with van der Waals surface area (Å²) in [5.74, 6) is 0.605. The Morgan fingerprint density at radius 1 is 1.39 bits per heavy atom. The Kier molecular flexibility index (Phi) is 4.95. The first kappa shape index (κ1) is 13.3. The molecule has 2 atom stereocenters. The summed E-state index contributed by atoms with van der Waals surface area (Å²) in [6.45, 7) is 3.68. The van der Waals surface area contributed by atoms with E-state index in [1.807, 2.05) is 14.0 Å². The number of nitrogens with zero attached hydrogens (tertiary/aromatic N) is 2. The predicted molar refractivity (Wildman–Crippen MR) is 68.5 cm³/mol. The first-order chi connectivity index (χ1) is 8.79. The molecule has 0 bridgehead atoms. The average molecular weight is 254 g/mol. The van der Waals surface area contributed by atoms with E-state index in [4.69, 9.17) is 9.15 Å². The molecule has 0 amide bonds. The molecule has 0 aromatic carbocycles. The van der Waals surface area contributed by atoms with Gasteiger partial charge in [0.2, 0.25) is 5.89 Å². The van der Waals surface area contributed by atoms with Gasteiger partial charge < -0.3 is 19.8 Å². The van der Waals surface area contributed by atoms with Gasteiger partial charge in [-0.1, -0.05) is 5.10 Å². The molecule has 0 spiro atoms. The maximum atomic E-state index is 5.66. The number of ether oxygens (including phenoxy) is 1. The van der Waals surface area contributed by atoms with Crippen LogP contribution >= 0.6 is 0 Å². The second kappa shape index (κ2) is 6.70.